The highest BCUT2D eigenvalue weighted by Gasteiger charge is 2.32. The van der Waals surface area contributed by atoms with Crippen LogP contribution >= 0.6 is 11.8 Å². The maximum atomic E-state index is 10.6. The van der Waals surface area contributed by atoms with E-state index in [0.717, 1.165) is 5.75 Å². The van der Waals surface area contributed by atoms with Gasteiger partial charge < -0.3 is 5.11 Å². The normalized spacial score (nSPS) is 15.0. The highest BCUT2D eigenvalue weighted by Crippen LogP contribution is 2.32. The van der Waals surface area contributed by atoms with Crippen molar-refractivity contribution in [2.45, 2.75) is 37.8 Å². The van der Waals surface area contributed by atoms with Gasteiger partial charge in [-0.25, -0.2) is 9.67 Å². The topological polar surface area (TPSA) is 50.9 Å². The van der Waals surface area contributed by atoms with Crippen LogP contribution in [-0.2, 0) is 0 Å². The molecule has 1 N–H and O–H groups in total. The van der Waals surface area contributed by atoms with Gasteiger partial charge in [0.2, 0.25) is 0 Å². The fourth-order valence-electron chi connectivity index (χ4n) is 1.98. The van der Waals surface area contributed by atoms with Gasteiger partial charge in [-0.2, -0.15) is 5.10 Å². The molecular weight excluding hydrogens is 270 g/mol. The van der Waals surface area contributed by atoms with Gasteiger partial charge in [0.15, 0.2) is 0 Å². The summed E-state index contributed by atoms with van der Waals surface area (Å²) >= 11 is 1.72. The Hall–Kier alpha value is -1.33. The minimum atomic E-state index is -0.486. The second-order valence-corrected chi connectivity index (χ2v) is 6.97. The van der Waals surface area contributed by atoms with E-state index >= 15 is 0 Å². The molecule has 0 saturated carbocycles. The lowest BCUT2D eigenvalue weighted by molar-refractivity contribution is 0.0205. The zero-order valence-electron chi connectivity index (χ0n) is 12.1. The molecule has 2 aromatic rings. The van der Waals surface area contributed by atoms with E-state index in [1.54, 1.807) is 22.8 Å². The summed E-state index contributed by atoms with van der Waals surface area (Å²) in [6, 6.07) is 10.1. The van der Waals surface area contributed by atoms with Crippen LogP contribution in [0.15, 0.2) is 47.9 Å². The van der Waals surface area contributed by atoms with Gasteiger partial charge in [0.05, 0.1) is 12.1 Å². The summed E-state index contributed by atoms with van der Waals surface area (Å²) in [5, 5.41) is 14.8. The molecule has 2 rings (SSSR count). The molecule has 0 aliphatic heterocycles. The van der Waals surface area contributed by atoms with E-state index in [4.69, 9.17) is 0 Å². The number of hydrogen-bond acceptors (Lipinski definition) is 4. The standard InChI is InChI=1S/C15H21N3OS/c1-15(2,3)14(19)13(18-11-16-10-17-18)9-20-12-7-5-4-6-8-12/h4-8,10-11,13-14,19H,9H2,1-3H3. The van der Waals surface area contributed by atoms with Crippen LogP contribution in [0.2, 0.25) is 0 Å². The summed E-state index contributed by atoms with van der Waals surface area (Å²) in [5.41, 5.74) is -0.201. The van der Waals surface area contributed by atoms with Crippen molar-refractivity contribution in [2.24, 2.45) is 5.41 Å². The Labute approximate surface area is 124 Å². The molecule has 1 heterocycles. The number of thioether (sulfide) groups is 1. The molecule has 2 atom stereocenters. The first-order chi connectivity index (χ1) is 9.48. The monoisotopic (exact) mass is 291 g/mol. The second-order valence-electron chi connectivity index (χ2n) is 5.88. The van der Waals surface area contributed by atoms with Crippen LogP contribution in [-0.4, -0.2) is 31.7 Å². The number of aliphatic hydroxyl groups is 1. The Morgan fingerprint density at radius 1 is 1.25 bits per heavy atom. The lowest BCUT2D eigenvalue weighted by Gasteiger charge is -2.32. The fraction of sp³-hybridized carbons (Fsp3) is 0.467. The van der Waals surface area contributed by atoms with Crippen molar-refractivity contribution in [3.8, 4) is 0 Å². The van der Waals surface area contributed by atoms with E-state index in [0.29, 0.717) is 0 Å². The SMILES string of the molecule is CC(C)(C)C(O)C(CSc1ccccc1)n1cncn1. The minimum absolute atomic E-state index is 0.0947. The molecule has 0 amide bonds. The van der Waals surface area contributed by atoms with Gasteiger partial charge in [-0.3, -0.25) is 0 Å². The molecule has 2 unspecified atom stereocenters. The van der Waals surface area contributed by atoms with Gasteiger partial charge >= 0.3 is 0 Å². The van der Waals surface area contributed by atoms with E-state index in [9.17, 15) is 5.11 Å². The third kappa shape index (κ3) is 3.84. The number of aromatic nitrogens is 3. The summed E-state index contributed by atoms with van der Waals surface area (Å²) in [5.74, 6) is 0.756. The molecule has 1 aromatic carbocycles. The molecule has 108 valence electrons. The molecule has 0 aliphatic carbocycles. The zero-order valence-corrected chi connectivity index (χ0v) is 12.9. The van der Waals surface area contributed by atoms with Crippen LogP contribution in [0, 0.1) is 5.41 Å². The Bertz CT molecular complexity index is 508. The fourth-order valence-corrected chi connectivity index (χ4v) is 3.02. The number of aliphatic hydroxyl groups excluding tert-OH is 1. The van der Waals surface area contributed by atoms with E-state index in [1.165, 1.54) is 11.2 Å². The number of benzene rings is 1. The summed E-state index contributed by atoms with van der Waals surface area (Å²) in [6.45, 7) is 6.11. The molecule has 0 spiro atoms. The number of nitrogens with zero attached hydrogens (tertiary/aromatic N) is 3. The van der Waals surface area contributed by atoms with Crippen molar-refractivity contribution in [3.05, 3.63) is 43.0 Å². The molecule has 0 saturated heterocycles. The zero-order chi connectivity index (χ0) is 14.6. The molecule has 5 heteroatoms. The van der Waals surface area contributed by atoms with Gasteiger partial charge in [0.1, 0.15) is 12.7 Å². The third-order valence-electron chi connectivity index (χ3n) is 3.19. The van der Waals surface area contributed by atoms with Crippen molar-refractivity contribution in [1.82, 2.24) is 14.8 Å². The molecular formula is C15H21N3OS. The van der Waals surface area contributed by atoms with Crippen LogP contribution in [0.5, 0.6) is 0 Å². The first-order valence-corrected chi connectivity index (χ1v) is 7.67. The molecule has 4 nitrogen and oxygen atoms in total. The van der Waals surface area contributed by atoms with Crippen molar-refractivity contribution >= 4 is 11.8 Å². The summed E-state index contributed by atoms with van der Waals surface area (Å²) < 4.78 is 1.76. The Morgan fingerprint density at radius 3 is 2.50 bits per heavy atom. The van der Waals surface area contributed by atoms with E-state index < -0.39 is 6.10 Å². The van der Waals surface area contributed by atoms with Crippen molar-refractivity contribution in [3.63, 3.8) is 0 Å². The van der Waals surface area contributed by atoms with E-state index in [-0.39, 0.29) is 11.5 Å². The quantitative estimate of drug-likeness (QED) is 0.860. The largest absolute Gasteiger partial charge is 0.390 e. The number of rotatable bonds is 5. The summed E-state index contributed by atoms with van der Waals surface area (Å²) in [6.07, 6.45) is 2.70. The molecule has 20 heavy (non-hydrogen) atoms. The Morgan fingerprint density at radius 2 is 1.95 bits per heavy atom. The summed E-state index contributed by atoms with van der Waals surface area (Å²) in [4.78, 5) is 5.19. The minimum Gasteiger partial charge on any atom is -0.390 e. The smallest absolute Gasteiger partial charge is 0.137 e. The lowest BCUT2D eigenvalue weighted by atomic mass is 9.85. The highest BCUT2D eigenvalue weighted by atomic mass is 32.2. The van der Waals surface area contributed by atoms with Gasteiger partial charge in [-0.05, 0) is 17.5 Å². The Balaban J connectivity index is 2.12. The average molecular weight is 291 g/mol. The average Bonchev–Trinajstić information content (AvgIpc) is 2.93. The first-order valence-electron chi connectivity index (χ1n) is 6.68. The third-order valence-corrected chi connectivity index (χ3v) is 4.31. The van der Waals surface area contributed by atoms with Gasteiger partial charge in [0, 0.05) is 10.6 Å². The molecule has 0 bridgehead atoms. The van der Waals surface area contributed by atoms with Crippen molar-refractivity contribution in [1.29, 1.82) is 0 Å². The highest BCUT2D eigenvalue weighted by molar-refractivity contribution is 7.99. The number of hydrogen-bond donors (Lipinski definition) is 1. The van der Waals surface area contributed by atoms with Crippen LogP contribution in [0.25, 0.3) is 0 Å². The predicted octanol–water partition coefficient (Wildman–Crippen LogP) is 3.02. The first kappa shape index (κ1) is 15.1. The van der Waals surface area contributed by atoms with Crippen LogP contribution in [0.1, 0.15) is 26.8 Å². The van der Waals surface area contributed by atoms with E-state index in [1.807, 2.05) is 39.0 Å². The molecule has 1 aromatic heterocycles. The van der Waals surface area contributed by atoms with Crippen LogP contribution < -0.4 is 0 Å². The predicted molar refractivity (Wildman–Crippen MR) is 81.7 cm³/mol. The van der Waals surface area contributed by atoms with Gasteiger partial charge in [-0.1, -0.05) is 39.0 Å². The lowest BCUT2D eigenvalue weighted by Crippen LogP contribution is -2.37. The molecule has 0 fully saturated rings. The van der Waals surface area contributed by atoms with Gasteiger partial charge in [0.25, 0.3) is 0 Å². The second kappa shape index (κ2) is 6.41. The summed E-state index contributed by atoms with van der Waals surface area (Å²) in [7, 11) is 0. The van der Waals surface area contributed by atoms with Crippen LogP contribution in [0.3, 0.4) is 0 Å². The molecule has 0 aliphatic rings. The maximum absolute atomic E-state index is 10.6. The van der Waals surface area contributed by atoms with E-state index in [2.05, 4.69) is 22.2 Å². The van der Waals surface area contributed by atoms with Crippen molar-refractivity contribution < 1.29 is 5.11 Å². The molecule has 0 radical (unpaired) electrons. The van der Waals surface area contributed by atoms with Crippen LogP contribution in [0.4, 0.5) is 0 Å². The Kier molecular flexibility index (Phi) is 4.83. The van der Waals surface area contributed by atoms with Crippen molar-refractivity contribution in [2.75, 3.05) is 5.75 Å². The maximum Gasteiger partial charge on any atom is 0.137 e. The van der Waals surface area contributed by atoms with Gasteiger partial charge in [-0.15, -0.1) is 11.8 Å².